The van der Waals surface area contributed by atoms with Gasteiger partial charge in [0, 0.05) is 19.2 Å². The lowest BCUT2D eigenvalue weighted by molar-refractivity contribution is 0.0912. The first-order valence-corrected chi connectivity index (χ1v) is 7.89. The summed E-state index contributed by atoms with van der Waals surface area (Å²) in [4.78, 5) is -0.370. The molecule has 4 nitrogen and oxygen atoms in total. The molecular weight excluding hydrogens is 288 g/mol. The zero-order chi connectivity index (χ0) is 14.9. The van der Waals surface area contributed by atoms with Gasteiger partial charge in [-0.25, -0.2) is 17.2 Å². The predicted molar refractivity (Wildman–Crippen MR) is 69.5 cm³/mol. The number of hydrogen-bond acceptors (Lipinski definition) is 3. The standard InChI is InChI=1S/C13H17F2NO3S/c1-9(17)10-2-4-16(5-3-10)20(18,19)13-7-11(14)6-12(15)8-13/h6-10,17H,2-5H2,1H3. The largest absolute Gasteiger partial charge is 0.393 e. The first-order valence-electron chi connectivity index (χ1n) is 6.45. The Balaban J connectivity index is 2.19. The van der Waals surface area contributed by atoms with Crippen molar-refractivity contribution >= 4 is 10.0 Å². The van der Waals surface area contributed by atoms with Gasteiger partial charge in [0.25, 0.3) is 0 Å². The fraction of sp³-hybridized carbons (Fsp3) is 0.538. The van der Waals surface area contributed by atoms with Crippen LogP contribution in [0.3, 0.4) is 0 Å². The van der Waals surface area contributed by atoms with Gasteiger partial charge in [0.2, 0.25) is 10.0 Å². The second-order valence-electron chi connectivity index (χ2n) is 5.09. The van der Waals surface area contributed by atoms with E-state index in [4.69, 9.17) is 0 Å². The molecule has 0 radical (unpaired) electrons. The van der Waals surface area contributed by atoms with E-state index in [-0.39, 0.29) is 23.9 Å². The van der Waals surface area contributed by atoms with E-state index in [1.807, 2.05) is 0 Å². The molecule has 1 N–H and O–H groups in total. The molecule has 0 amide bonds. The van der Waals surface area contributed by atoms with Gasteiger partial charge < -0.3 is 5.11 Å². The van der Waals surface area contributed by atoms with E-state index in [1.54, 1.807) is 6.92 Å². The van der Waals surface area contributed by atoms with Crippen LogP contribution in [-0.2, 0) is 10.0 Å². The Kier molecular flexibility index (Phi) is 4.41. The zero-order valence-corrected chi connectivity index (χ0v) is 11.9. The molecule has 0 aliphatic carbocycles. The molecule has 0 aromatic heterocycles. The minimum atomic E-state index is -3.88. The summed E-state index contributed by atoms with van der Waals surface area (Å²) in [6.45, 7) is 2.17. The fourth-order valence-corrected chi connectivity index (χ4v) is 3.94. The second kappa shape index (κ2) is 5.75. The van der Waals surface area contributed by atoms with Gasteiger partial charge in [-0.3, -0.25) is 0 Å². The van der Waals surface area contributed by atoms with Crippen LogP contribution in [0.5, 0.6) is 0 Å². The van der Waals surface area contributed by atoms with Crippen molar-refractivity contribution in [2.24, 2.45) is 5.92 Å². The Morgan fingerprint density at radius 2 is 1.70 bits per heavy atom. The van der Waals surface area contributed by atoms with Crippen molar-refractivity contribution in [3.63, 3.8) is 0 Å². The molecular formula is C13H17F2NO3S. The average molecular weight is 305 g/mol. The molecule has 1 atom stereocenters. The number of nitrogens with zero attached hydrogens (tertiary/aromatic N) is 1. The lowest BCUT2D eigenvalue weighted by atomic mass is 9.93. The maximum absolute atomic E-state index is 13.1. The maximum atomic E-state index is 13.1. The molecule has 1 aromatic carbocycles. The quantitative estimate of drug-likeness (QED) is 0.925. The highest BCUT2D eigenvalue weighted by atomic mass is 32.2. The summed E-state index contributed by atoms with van der Waals surface area (Å²) in [5, 5.41) is 9.49. The fourth-order valence-electron chi connectivity index (χ4n) is 2.43. The first-order chi connectivity index (χ1) is 9.30. The number of piperidine rings is 1. The summed E-state index contributed by atoms with van der Waals surface area (Å²) in [6, 6.07) is 2.27. The normalized spacial score (nSPS) is 20.0. The molecule has 1 unspecified atom stereocenters. The molecule has 0 spiro atoms. The lowest BCUT2D eigenvalue weighted by Crippen LogP contribution is -2.40. The van der Waals surface area contributed by atoms with Crippen LogP contribution in [-0.4, -0.2) is 37.0 Å². The number of aliphatic hydroxyl groups is 1. The van der Waals surface area contributed by atoms with Gasteiger partial charge in [0.05, 0.1) is 11.0 Å². The van der Waals surface area contributed by atoms with Crippen molar-refractivity contribution in [3.05, 3.63) is 29.8 Å². The van der Waals surface area contributed by atoms with Crippen molar-refractivity contribution in [2.75, 3.05) is 13.1 Å². The number of benzene rings is 1. The third kappa shape index (κ3) is 3.16. The van der Waals surface area contributed by atoms with Crippen LogP contribution in [0.4, 0.5) is 8.78 Å². The third-order valence-corrected chi connectivity index (χ3v) is 5.53. The van der Waals surface area contributed by atoms with Crippen LogP contribution in [0.1, 0.15) is 19.8 Å². The minimum absolute atomic E-state index is 0.0608. The van der Waals surface area contributed by atoms with Gasteiger partial charge in [0.15, 0.2) is 0 Å². The van der Waals surface area contributed by atoms with Crippen LogP contribution >= 0.6 is 0 Å². The highest BCUT2D eigenvalue weighted by molar-refractivity contribution is 7.89. The molecule has 1 fully saturated rings. The van der Waals surface area contributed by atoms with Crippen molar-refractivity contribution in [2.45, 2.75) is 30.8 Å². The number of rotatable bonds is 3. The Morgan fingerprint density at radius 1 is 1.20 bits per heavy atom. The number of hydrogen-bond donors (Lipinski definition) is 1. The van der Waals surface area contributed by atoms with Crippen LogP contribution in [0, 0.1) is 17.6 Å². The van der Waals surface area contributed by atoms with Gasteiger partial charge in [-0.15, -0.1) is 0 Å². The number of sulfonamides is 1. The van der Waals surface area contributed by atoms with Gasteiger partial charge in [-0.2, -0.15) is 4.31 Å². The van der Waals surface area contributed by atoms with Crippen molar-refractivity contribution < 1.29 is 22.3 Å². The highest BCUT2D eigenvalue weighted by Crippen LogP contribution is 2.26. The minimum Gasteiger partial charge on any atom is -0.393 e. The topological polar surface area (TPSA) is 57.6 Å². The number of halogens is 2. The van der Waals surface area contributed by atoms with Gasteiger partial charge >= 0.3 is 0 Å². The molecule has 1 aliphatic heterocycles. The van der Waals surface area contributed by atoms with Gasteiger partial charge in [0.1, 0.15) is 11.6 Å². The van der Waals surface area contributed by atoms with E-state index in [0.29, 0.717) is 18.9 Å². The summed E-state index contributed by atoms with van der Waals surface area (Å²) < 4.78 is 52.1. The van der Waals surface area contributed by atoms with E-state index in [0.717, 1.165) is 12.1 Å². The van der Waals surface area contributed by atoms with E-state index in [1.165, 1.54) is 4.31 Å². The van der Waals surface area contributed by atoms with E-state index >= 15 is 0 Å². The smallest absolute Gasteiger partial charge is 0.243 e. The highest BCUT2D eigenvalue weighted by Gasteiger charge is 2.31. The Labute approximate surface area is 117 Å². The molecule has 112 valence electrons. The molecule has 20 heavy (non-hydrogen) atoms. The van der Waals surface area contributed by atoms with Crippen LogP contribution in [0.25, 0.3) is 0 Å². The molecule has 1 aromatic rings. The van der Waals surface area contributed by atoms with Crippen LogP contribution in [0.15, 0.2) is 23.1 Å². The Bertz CT molecular complexity index is 561. The number of aliphatic hydroxyl groups excluding tert-OH is 1. The van der Waals surface area contributed by atoms with E-state index in [9.17, 15) is 22.3 Å². The van der Waals surface area contributed by atoms with E-state index < -0.39 is 27.8 Å². The lowest BCUT2D eigenvalue weighted by Gasteiger charge is -2.32. The molecule has 0 saturated carbocycles. The summed E-state index contributed by atoms with van der Waals surface area (Å²) in [6.07, 6.45) is 0.593. The van der Waals surface area contributed by atoms with Crippen molar-refractivity contribution in [1.29, 1.82) is 0 Å². The SMILES string of the molecule is CC(O)C1CCN(S(=O)(=O)c2cc(F)cc(F)c2)CC1. The summed E-state index contributed by atoms with van der Waals surface area (Å²) in [5.41, 5.74) is 0. The molecule has 2 rings (SSSR count). The van der Waals surface area contributed by atoms with Crippen molar-refractivity contribution in [3.8, 4) is 0 Å². The van der Waals surface area contributed by atoms with E-state index in [2.05, 4.69) is 0 Å². The summed E-state index contributed by atoms with van der Waals surface area (Å²) in [7, 11) is -3.88. The second-order valence-corrected chi connectivity index (χ2v) is 7.03. The molecule has 1 saturated heterocycles. The molecule has 0 bridgehead atoms. The predicted octanol–water partition coefficient (Wildman–Crippen LogP) is 1.75. The molecule has 1 heterocycles. The summed E-state index contributed by atoms with van der Waals surface area (Å²) >= 11 is 0. The monoisotopic (exact) mass is 305 g/mol. The first kappa shape index (κ1) is 15.3. The van der Waals surface area contributed by atoms with Gasteiger partial charge in [-0.05, 0) is 37.8 Å². The Morgan fingerprint density at radius 3 is 2.15 bits per heavy atom. The Hall–Kier alpha value is -1.05. The average Bonchev–Trinajstić information content (AvgIpc) is 2.37. The van der Waals surface area contributed by atoms with Gasteiger partial charge in [-0.1, -0.05) is 0 Å². The van der Waals surface area contributed by atoms with Crippen molar-refractivity contribution in [1.82, 2.24) is 4.31 Å². The van der Waals surface area contributed by atoms with Crippen LogP contribution < -0.4 is 0 Å². The maximum Gasteiger partial charge on any atom is 0.243 e. The molecule has 7 heteroatoms. The summed E-state index contributed by atoms with van der Waals surface area (Å²) in [5.74, 6) is -1.77. The molecule has 1 aliphatic rings. The third-order valence-electron chi connectivity index (χ3n) is 3.65. The van der Waals surface area contributed by atoms with Crippen LogP contribution in [0.2, 0.25) is 0 Å². The zero-order valence-electron chi connectivity index (χ0n) is 11.1.